The van der Waals surface area contributed by atoms with E-state index < -0.39 is 0 Å². The van der Waals surface area contributed by atoms with E-state index in [0.717, 1.165) is 36.3 Å². The standard InChI is InChI=1S/C25H21ClN4O2S/c26-20-11-9-18(10-12-20)24-28-29-25(32-24)33-16-23(31)27-21-7-3-1-6-19(21)15-30-14-13-17-5-2-4-8-22(17)30/h1-12H,13-16H2,(H,27,31). The Morgan fingerprint density at radius 1 is 1.03 bits per heavy atom. The zero-order valence-corrected chi connectivity index (χ0v) is 19.3. The maximum atomic E-state index is 12.6. The van der Waals surface area contributed by atoms with Gasteiger partial charge in [-0.05, 0) is 53.9 Å². The number of benzene rings is 3. The molecule has 6 nitrogen and oxygen atoms in total. The molecule has 166 valence electrons. The molecule has 0 radical (unpaired) electrons. The number of nitrogens with one attached hydrogen (secondary N) is 1. The normalized spacial score (nSPS) is 12.6. The lowest BCUT2D eigenvalue weighted by Gasteiger charge is -2.21. The van der Waals surface area contributed by atoms with Gasteiger partial charge in [-0.2, -0.15) is 0 Å². The van der Waals surface area contributed by atoms with Crippen LogP contribution in [0.3, 0.4) is 0 Å². The molecule has 0 bridgehead atoms. The molecule has 1 aliphatic heterocycles. The Morgan fingerprint density at radius 3 is 2.70 bits per heavy atom. The van der Waals surface area contributed by atoms with Gasteiger partial charge in [-0.3, -0.25) is 4.79 Å². The van der Waals surface area contributed by atoms with Crippen LogP contribution in [-0.4, -0.2) is 28.4 Å². The number of nitrogens with zero attached hydrogens (tertiary/aromatic N) is 3. The van der Waals surface area contributed by atoms with Crippen molar-refractivity contribution in [3.63, 3.8) is 0 Å². The van der Waals surface area contributed by atoms with Crippen molar-refractivity contribution in [2.75, 3.05) is 22.5 Å². The molecule has 0 fully saturated rings. The van der Waals surface area contributed by atoms with Crippen LogP contribution < -0.4 is 10.2 Å². The minimum absolute atomic E-state index is 0.125. The minimum atomic E-state index is -0.125. The lowest BCUT2D eigenvalue weighted by Crippen LogP contribution is -2.22. The maximum absolute atomic E-state index is 12.6. The molecule has 2 heterocycles. The molecule has 0 spiro atoms. The topological polar surface area (TPSA) is 71.3 Å². The van der Waals surface area contributed by atoms with Crippen LogP contribution in [0.4, 0.5) is 11.4 Å². The van der Waals surface area contributed by atoms with E-state index in [-0.39, 0.29) is 11.7 Å². The number of para-hydroxylation sites is 2. The van der Waals surface area contributed by atoms with Gasteiger partial charge < -0.3 is 14.6 Å². The molecular weight excluding hydrogens is 456 g/mol. The Morgan fingerprint density at radius 2 is 1.82 bits per heavy atom. The molecule has 33 heavy (non-hydrogen) atoms. The number of hydrogen-bond acceptors (Lipinski definition) is 6. The second-order valence-corrected chi connectivity index (χ2v) is 9.04. The molecular formula is C25H21ClN4O2S. The number of aromatic nitrogens is 2. The third-order valence-electron chi connectivity index (χ3n) is 5.46. The number of fused-ring (bicyclic) bond motifs is 1. The Labute approximate surface area is 201 Å². The average Bonchev–Trinajstić information content (AvgIpc) is 3.47. The van der Waals surface area contributed by atoms with Gasteiger partial charge in [-0.25, -0.2) is 0 Å². The average molecular weight is 477 g/mol. The molecule has 1 aromatic heterocycles. The number of thioether (sulfide) groups is 1. The summed E-state index contributed by atoms with van der Waals surface area (Å²) in [5.41, 5.74) is 5.31. The summed E-state index contributed by atoms with van der Waals surface area (Å²) >= 11 is 7.13. The van der Waals surface area contributed by atoms with Crippen molar-refractivity contribution in [1.82, 2.24) is 10.2 Å². The fourth-order valence-corrected chi connectivity index (χ4v) is 4.54. The Kier molecular flexibility index (Phi) is 6.32. The van der Waals surface area contributed by atoms with E-state index in [1.54, 1.807) is 12.1 Å². The Bertz CT molecular complexity index is 1280. The number of amides is 1. The van der Waals surface area contributed by atoms with E-state index in [4.69, 9.17) is 16.0 Å². The van der Waals surface area contributed by atoms with Crippen molar-refractivity contribution < 1.29 is 9.21 Å². The van der Waals surface area contributed by atoms with Crippen LogP contribution in [0.2, 0.25) is 5.02 Å². The zero-order chi connectivity index (χ0) is 22.6. The smallest absolute Gasteiger partial charge is 0.277 e. The van der Waals surface area contributed by atoms with Crippen molar-refractivity contribution in [2.24, 2.45) is 0 Å². The van der Waals surface area contributed by atoms with Crippen LogP contribution in [0, 0.1) is 0 Å². The quantitative estimate of drug-likeness (QED) is 0.346. The molecule has 4 aromatic rings. The first-order valence-corrected chi connectivity index (χ1v) is 11.9. The largest absolute Gasteiger partial charge is 0.411 e. The van der Waals surface area contributed by atoms with Crippen LogP contribution in [0.1, 0.15) is 11.1 Å². The van der Waals surface area contributed by atoms with E-state index >= 15 is 0 Å². The first-order chi connectivity index (χ1) is 16.2. The lowest BCUT2D eigenvalue weighted by molar-refractivity contribution is -0.113. The highest BCUT2D eigenvalue weighted by molar-refractivity contribution is 7.99. The van der Waals surface area contributed by atoms with Gasteiger partial charge in [-0.1, -0.05) is 59.8 Å². The molecule has 0 unspecified atom stereocenters. The summed E-state index contributed by atoms with van der Waals surface area (Å²) < 4.78 is 5.67. The summed E-state index contributed by atoms with van der Waals surface area (Å²) in [6.45, 7) is 1.72. The van der Waals surface area contributed by atoms with Crippen molar-refractivity contribution in [3.8, 4) is 11.5 Å². The molecule has 5 rings (SSSR count). The molecule has 0 aliphatic carbocycles. The van der Waals surface area contributed by atoms with Crippen molar-refractivity contribution >= 4 is 40.6 Å². The number of halogens is 1. The van der Waals surface area contributed by atoms with Crippen molar-refractivity contribution in [2.45, 2.75) is 18.2 Å². The molecule has 8 heteroatoms. The highest BCUT2D eigenvalue weighted by atomic mass is 35.5. The lowest BCUT2D eigenvalue weighted by atomic mass is 10.1. The molecule has 0 saturated heterocycles. The summed E-state index contributed by atoms with van der Waals surface area (Å²) in [7, 11) is 0. The van der Waals surface area contributed by atoms with Crippen LogP contribution in [0.5, 0.6) is 0 Å². The molecule has 1 aliphatic rings. The summed E-state index contributed by atoms with van der Waals surface area (Å²) in [6.07, 6.45) is 1.05. The third kappa shape index (κ3) is 5.05. The van der Waals surface area contributed by atoms with E-state index in [1.165, 1.54) is 23.0 Å². The number of rotatable bonds is 7. The van der Waals surface area contributed by atoms with E-state index in [2.05, 4.69) is 50.7 Å². The van der Waals surface area contributed by atoms with Crippen LogP contribution >= 0.6 is 23.4 Å². The number of anilines is 2. The summed E-state index contributed by atoms with van der Waals surface area (Å²) in [5.74, 6) is 0.440. The number of carbonyl (C=O) groups is 1. The first-order valence-electron chi connectivity index (χ1n) is 10.6. The summed E-state index contributed by atoms with van der Waals surface area (Å²) in [4.78, 5) is 15.0. The second kappa shape index (κ2) is 9.68. The van der Waals surface area contributed by atoms with Crippen molar-refractivity contribution in [3.05, 3.63) is 88.9 Å². The predicted octanol–water partition coefficient (Wildman–Crippen LogP) is 5.68. The second-order valence-electron chi connectivity index (χ2n) is 7.67. The molecule has 1 N–H and O–H groups in total. The summed E-state index contributed by atoms with van der Waals surface area (Å²) in [6, 6.07) is 23.6. The van der Waals surface area contributed by atoms with Gasteiger partial charge in [0.1, 0.15) is 0 Å². The third-order valence-corrected chi connectivity index (χ3v) is 6.53. The van der Waals surface area contributed by atoms with Crippen LogP contribution in [-0.2, 0) is 17.8 Å². The van der Waals surface area contributed by atoms with E-state index in [1.807, 2.05) is 30.3 Å². The van der Waals surface area contributed by atoms with Crippen molar-refractivity contribution in [1.29, 1.82) is 0 Å². The van der Waals surface area contributed by atoms with Gasteiger partial charge >= 0.3 is 0 Å². The highest BCUT2D eigenvalue weighted by Gasteiger charge is 2.20. The minimum Gasteiger partial charge on any atom is -0.411 e. The van der Waals surface area contributed by atoms with Gasteiger partial charge in [0.05, 0.1) is 5.75 Å². The SMILES string of the molecule is O=C(CSc1nnc(-c2ccc(Cl)cc2)o1)Nc1ccccc1CN1CCc2ccccc21. The fraction of sp³-hybridized carbons (Fsp3) is 0.160. The van der Waals surface area contributed by atoms with Gasteiger partial charge in [-0.15, -0.1) is 10.2 Å². The molecule has 3 aromatic carbocycles. The molecule has 1 amide bonds. The van der Waals surface area contributed by atoms with Gasteiger partial charge in [0.2, 0.25) is 11.8 Å². The monoisotopic (exact) mass is 476 g/mol. The highest BCUT2D eigenvalue weighted by Crippen LogP contribution is 2.30. The van der Waals surface area contributed by atoms with Crippen LogP contribution in [0.25, 0.3) is 11.5 Å². The zero-order valence-electron chi connectivity index (χ0n) is 17.7. The van der Waals surface area contributed by atoms with Gasteiger partial charge in [0.25, 0.3) is 5.22 Å². The maximum Gasteiger partial charge on any atom is 0.277 e. The number of carbonyl (C=O) groups excluding carboxylic acids is 1. The molecule has 0 saturated carbocycles. The fourth-order valence-electron chi connectivity index (χ4n) is 3.85. The summed E-state index contributed by atoms with van der Waals surface area (Å²) in [5, 5.41) is 12.1. The Balaban J connectivity index is 1.20. The first kappa shape index (κ1) is 21.6. The van der Waals surface area contributed by atoms with Crippen LogP contribution in [0.15, 0.2) is 82.4 Å². The molecule has 0 atom stereocenters. The number of hydrogen-bond donors (Lipinski definition) is 1. The Hall–Kier alpha value is -3.29. The van der Waals surface area contributed by atoms with E-state index in [0.29, 0.717) is 16.1 Å². The van der Waals surface area contributed by atoms with Gasteiger partial charge in [0, 0.05) is 35.1 Å². The predicted molar refractivity (Wildman–Crippen MR) is 132 cm³/mol. The van der Waals surface area contributed by atoms with Gasteiger partial charge in [0.15, 0.2) is 0 Å². The van der Waals surface area contributed by atoms with E-state index in [9.17, 15) is 4.79 Å².